The quantitative estimate of drug-likeness (QED) is 0.867. The van der Waals surface area contributed by atoms with E-state index < -0.39 is 0 Å². The molecule has 1 N–H and O–H groups in total. The Morgan fingerprint density at radius 3 is 3.00 bits per heavy atom. The zero-order chi connectivity index (χ0) is 13.1. The second-order valence-corrected chi connectivity index (χ2v) is 4.86. The lowest BCUT2D eigenvalue weighted by atomic mass is 9.98. The molecule has 0 aliphatic carbocycles. The van der Waals surface area contributed by atoms with Gasteiger partial charge in [-0.15, -0.1) is 0 Å². The van der Waals surface area contributed by atoms with Crippen LogP contribution in [0.15, 0.2) is 24.3 Å². The number of amides is 1. The molecule has 1 fully saturated rings. The second-order valence-electron chi connectivity index (χ2n) is 4.86. The van der Waals surface area contributed by atoms with Crippen molar-refractivity contribution in [2.75, 3.05) is 19.6 Å². The van der Waals surface area contributed by atoms with E-state index in [1.807, 2.05) is 18.7 Å². The highest BCUT2D eigenvalue weighted by atomic mass is 19.1. The zero-order valence-corrected chi connectivity index (χ0v) is 10.8. The number of hydrogen-bond acceptors (Lipinski definition) is 2. The molecule has 1 heterocycles. The molecule has 3 nitrogen and oxygen atoms in total. The van der Waals surface area contributed by atoms with Crippen LogP contribution in [-0.2, 0) is 4.79 Å². The van der Waals surface area contributed by atoms with Crippen LogP contribution in [-0.4, -0.2) is 36.5 Å². The van der Waals surface area contributed by atoms with E-state index in [4.69, 9.17) is 0 Å². The monoisotopic (exact) mass is 250 g/mol. The van der Waals surface area contributed by atoms with Gasteiger partial charge in [-0.3, -0.25) is 4.79 Å². The molecule has 0 radical (unpaired) electrons. The molecule has 98 valence electrons. The lowest BCUT2D eigenvalue weighted by Gasteiger charge is -2.35. The van der Waals surface area contributed by atoms with Gasteiger partial charge < -0.3 is 10.2 Å². The average Bonchev–Trinajstić information content (AvgIpc) is 2.37. The van der Waals surface area contributed by atoms with E-state index in [1.54, 1.807) is 12.1 Å². The Morgan fingerprint density at radius 2 is 2.33 bits per heavy atom. The third-order valence-electron chi connectivity index (χ3n) is 3.50. The van der Waals surface area contributed by atoms with E-state index in [1.165, 1.54) is 12.1 Å². The zero-order valence-electron chi connectivity index (χ0n) is 10.8. The molecular weight excluding hydrogens is 231 g/mol. The number of hydrogen-bond donors (Lipinski definition) is 1. The highest BCUT2D eigenvalue weighted by molar-refractivity contribution is 5.83. The summed E-state index contributed by atoms with van der Waals surface area (Å²) in [4.78, 5) is 14.3. The number of benzene rings is 1. The number of nitrogens with zero attached hydrogens (tertiary/aromatic N) is 1. The third kappa shape index (κ3) is 2.70. The Labute approximate surface area is 107 Å². The van der Waals surface area contributed by atoms with E-state index in [0.717, 1.165) is 25.2 Å². The Kier molecular flexibility index (Phi) is 3.97. The van der Waals surface area contributed by atoms with Gasteiger partial charge in [0.2, 0.25) is 5.91 Å². The van der Waals surface area contributed by atoms with Crippen LogP contribution in [0, 0.1) is 5.82 Å². The topological polar surface area (TPSA) is 32.3 Å². The molecule has 2 unspecified atom stereocenters. The molecule has 2 rings (SSSR count). The highest BCUT2D eigenvalue weighted by Crippen LogP contribution is 2.20. The van der Waals surface area contributed by atoms with Crippen LogP contribution < -0.4 is 5.32 Å². The fourth-order valence-electron chi connectivity index (χ4n) is 2.34. The standard InChI is InChI=1S/C14H19FN2O/c1-10-9-16-6-7-17(10)14(18)11(2)12-4-3-5-13(15)8-12/h3-5,8,10-11,16H,6-7,9H2,1-2H3. The van der Waals surface area contributed by atoms with Gasteiger partial charge in [0, 0.05) is 25.7 Å². The number of rotatable bonds is 2. The summed E-state index contributed by atoms with van der Waals surface area (Å²) < 4.78 is 13.2. The molecule has 1 aromatic carbocycles. The van der Waals surface area contributed by atoms with Crippen LogP contribution in [0.5, 0.6) is 0 Å². The fraction of sp³-hybridized carbons (Fsp3) is 0.500. The predicted octanol–water partition coefficient (Wildman–Crippen LogP) is 1.75. The maximum atomic E-state index is 13.2. The van der Waals surface area contributed by atoms with Crippen molar-refractivity contribution in [3.63, 3.8) is 0 Å². The van der Waals surface area contributed by atoms with Crippen LogP contribution in [0.25, 0.3) is 0 Å². The number of carbonyl (C=O) groups is 1. The van der Waals surface area contributed by atoms with E-state index in [0.29, 0.717) is 0 Å². The van der Waals surface area contributed by atoms with Crippen LogP contribution in [0.2, 0.25) is 0 Å². The minimum absolute atomic E-state index is 0.0783. The summed E-state index contributed by atoms with van der Waals surface area (Å²) in [6, 6.07) is 6.49. The molecule has 1 aromatic rings. The van der Waals surface area contributed by atoms with Gasteiger partial charge in [-0.1, -0.05) is 12.1 Å². The lowest BCUT2D eigenvalue weighted by molar-refractivity contribution is -0.135. The van der Waals surface area contributed by atoms with Crippen LogP contribution in [0.4, 0.5) is 4.39 Å². The van der Waals surface area contributed by atoms with Gasteiger partial charge in [0.25, 0.3) is 0 Å². The van der Waals surface area contributed by atoms with Crippen LogP contribution in [0.3, 0.4) is 0 Å². The normalized spacial score (nSPS) is 21.7. The Morgan fingerprint density at radius 1 is 1.56 bits per heavy atom. The van der Waals surface area contributed by atoms with Gasteiger partial charge in [0.05, 0.1) is 5.92 Å². The van der Waals surface area contributed by atoms with E-state index >= 15 is 0 Å². The van der Waals surface area contributed by atoms with E-state index in [2.05, 4.69) is 5.32 Å². The number of halogens is 1. The Hall–Kier alpha value is -1.42. The summed E-state index contributed by atoms with van der Waals surface area (Å²) in [7, 11) is 0. The molecule has 4 heteroatoms. The average molecular weight is 250 g/mol. The summed E-state index contributed by atoms with van der Waals surface area (Å²) in [6.07, 6.45) is 0. The third-order valence-corrected chi connectivity index (χ3v) is 3.50. The van der Waals surface area contributed by atoms with Crippen molar-refractivity contribution in [3.8, 4) is 0 Å². The van der Waals surface area contributed by atoms with Crippen molar-refractivity contribution < 1.29 is 9.18 Å². The lowest BCUT2D eigenvalue weighted by Crippen LogP contribution is -2.53. The van der Waals surface area contributed by atoms with Crippen molar-refractivity contribution in [2.45, 2.75) is 25.8 Å². The second kappa shape index (κ2) is 5.48. The minimum atomic E-state index is -0.291. The summed E-state index contributed by atoms with van der Waals surface area (Å²) in [5.41, 5.74) is 0.741. The van der Waals surface area contributed by atoms with Gasteiger partial charge >= 0.3 is 0 Å². The first kappa shape index (κ1) is 13.0. The van der Waals surface area contributed by atoms with Crippen molar-refractivity contribution in [2.24, 2.45) is 0 Å². The van der Waals surface area contributed by atoms with Gasteiger partial charge in [0.1, 0.15) is 5.82 Å². The number of carbonyl (C=O) groups excluding carboxylic acids is 1. The van der Waals surface area contributed by atoms with Gasteiger partial charge in [-0.05, 0) is 31.5 Å². The van der Waals surface area contributed by atoms with E-state index in [-0.39, 0.29) is 23.7 Å². The maximum absolute atomic E-state index is 13.2. The molecule has 0 bridgehead atoms. The summed E-state index contributed by atoms with van der Waals surface area (Å²) >= 11 is 0. The number of piperazine rings is 1. The number of nitrogens with one attached hydrogen (secondary N) is 1. The first-order chi connectivity index (χ1) is 8.59. The summed E-state index contributed by atoms with van der Waals surface area (Å²) in [5.74, 6) is -0.503. The smallest absolute Gasteiger partial charge is 0.230 e. The molecule has 18 heavy (non-hydrogen) atoms. The molecule has 1 amide bonds. The van der Waals surface area contributed by atoms with Crippen molar-refractivity contribution in [3.05, 3.63) is 35.6 Å². The molecule has 2 atom stereocenters. The Balaban J connectivity index is 2.13. The van der Waals surface area contributed by atoms with Gasteiger partial charge in [0.15, 0.2) is 0 Å². The molecule has 0 aromatic heterocycles. The van der Waals surface area contributed by atoms with Crippen molar-refractivity contribution in [1.29, 1.82) is 0 Å². The molecule has 1 saturated heterocycles. The molecular formula is C14H19FN2O. The van der Waals surface area contributed by atoms with E-state index in [9.17, 15) is 9.18 Å². The molecule has 1 aliphatic heterocycles. The first-order valence-corrected chi connectivity index (χ1v) is 6.36. The van der Waals surface area contributed by atoms with Crippen molar-refractivity contribution >= 4 is 5.91 Å². The summed E-state index contributed by atoms with van der Waals surface area (Å²) in [5, 5.41) is 3.25. The minimum Gasteiger partial charge on any atom is -0.337 e. The molecule has 0 saturated carbocycles. The SMILES string of the molecule is CC(C(=O)N1CCNCC1C)c1cccc(F)c1. The largest absolute Gasteiger partial charge is 0.337 e. The summed E-state index contributed by atoms with van der Waals surface area (Å²) in [6.45, 7) is 6.24. The molecule has 1 aliphatic rings. The first-order valence-electron chi connectivity index (χ1n) is 6.36. The Bertz CT molecular complexity index is 436. The van der Waals surface area contributed by atoms with Gasteiger partial charge in [-0.2, -0.15) is 0 Å². The van der Waals surface area contributed by atoms with Crippen LogP contribution >= 0.6 is 0 Å². The highest BCUT2D eigenvalue weighted by Gasteiger charge is 2.27. The van der Waals surface area contributed by atoms with Crippen molar-refractivity contribution in [1.82, 2.24) is 10.2 Å². The van der Waals surface area contributed by atoms with Crippen LogP contribution in [0.1, 0.15) is 25.3 Å². The fourth-order valence-corrected chi connectivity index (χ4v) is 2.34. The van der Waals surface area contributed by atoms with Gasteiger partial charge in [-0.25, -0.2) is 4.39 Å². The predicted molar refractivity (Wildman–Crippen MR) is 68.9 cm³/mol. The maximum Gasteiger partial charge on any atom is 0.230 e. The molecule has 0 spiro atoms.